The molecule has 0 spiro atoms. The number of nitrogens with zero attached hydrogens (tertiary/aromatic N) is 1. The number of sulfonamides is 1. The normalized spacial score (nSPS) is 11.3. The van der Waals surface area contributed by atoms with Crippen molar-refractivity contribution in [3.63, 3.8) is 0 Å². The van der Waals surface area contributed by atoms with Crippen LogP contribution in [0.15, 0.2) is 41.4 Å². The molecule has 0 atom stereocenters. The van der Waals surface area contributed by atoms with Crippen LogP contribution < -0.4 is 10.5 Å². The second-order valence-corrected chi connectivity index (χ2v) is 6.27. The fourth-order valence-corrected chi connectivity index (χ4v) is 3.02. The van der Waals surface area contributed by atoms with E-state index in [2.05, 4.69) is 9.71 Å². The van der Waals surface area contributed by atoms with Gasteiger partial charge in [0, 0.05) is 18.4 Å². The molecule has 1 heterocycles. The minimum Gasteiger partial charge on any atom is -0.326 e. The number of aryl methyl sites for hydroxylation is 2. The van der Waals surface area contributed by atoms with E-state index in [1.807, 2.05) is 6.92 Å². The minimum absolute atomic E-state index is 0.224. The van der Waals surface area contributed by atoms with E-state index in [4.69, 9.17) is 5.73 Å². The van der Waals surface area contributed by atoms with Crippen molar-refractivity contribution in [3.05, 3.63) is 53.3 Å². The summed E-state index contributed by atoms with van der Waals surface area (Å²) in [7, 11) is -3.60. The maximum atomic E-state index is 12.3. The van der Waals surface area contributed by atoms with Crippen LogP contribution >= 0.6 is 0 Å². The summed E-state index contributed by atoms with van der Waals surface area (Å²) in [6, 6.07) is 8.22. The lowest BCUT2D eigenvalue weighted by molar-refractivity contribution is 0.601. The first-order valence-electron chi connectivity index (χ1n) is 6.17. The molecule has 0 unspecified atom stereocenters. The molecule has 2 aromatic rings. The Morgan fingerprint density at radius 1 is 1.20 bits per heavy atom. The van der Waals surface area contributed by atoms with Gasteiger partial charge in [0.2, 0.25) is 0 Å². The van der Waals surface area contributed by atoms with E-state index >= 15 is 0 Å². The van der Waals surface area contributed by atoms with Crippen molar-refractivity contribution in [3.8, 4) is 0 Å². The van der Waals surface area contributed by atoms with E-state index in [9.17, 15) is 8.42 Å². The van der Waals surface area contributed by atoms with Crippen molar-refractivity contribution < 1.29 is 8.42 Å². The second-order valence-electron chi connectivity index (χ2n) is 4.58. The third-order valence-corrected chi connectivity index (χ3v) is 4.37. The number of rotatable bonds is 4. The van der Waals surface area contributed by atoms with Crippen LogP contribution in [0.3, 0.4) is 0 Å². The van der Waals surface area contributed by atoms with Crippen LogP contribution in [0, 0.1) is 13.8 Å². The lowest BCUT2D eigenvalue weighted by Gasteiger charge is -2.10. The van der Waals surface area contributed by atoms with Crippen LogP contribution in [0.4, 0.5) is 5.69 Å². The molecular weight excluding hydrogens is 274 g/mol. The van der Waals surface area contributed by atoms with Gasteiger partial charge in [0.05, 0.1) is 10.6 Å². The van der Waals surface area contributed by atoms with E-state index in [1.54, 1.807) is 43.5 Å². The highest BCUT2D eigenvalue weighted by molar-refractivity contribution is 7.92. The fraction of sp³-hybridized carbons (Fsp3) is 0.214. The first-order chi connectivity index (χ1) is 9.42. The van der Waals surface area contributed by atoms with Gasteiger partial charge in [0.25, 0.3) is 10.0 Å². The lowest BCUT2D eigenvalue weighted by Crippen LogP contribution is -2.14. The summed E-state index contributed by atoms with van der Waals surface area (Å²) in [4.78, 5) is 4.25. The molecule has 1 aromatic carbocycles. The zero-order valence-corrected chi connectivity index (χ0v) is 12.2. The monoisotopic (exact) mass is 291 g/mol. The van der Waals surface area contributed by atoms with E-state index < -0.39 is 10.0 Å². The van der Waals surface area contributed by atoms with Gasteiger partial charge in [-0.15, -0.1) is 0 Å². The van der Waals surface area contributed by atoms with E-state index in [1.165, 1.54) is 0 Å². The number of aromatic nitrogens is 1. The van der Waals surface area contributed by atoms with Crippen molar-refractivity contribution in [2.75, 3.05) is 4.72 Å². The standard InChI is InChI=1S/C14H17N3O2S/c1-10-7-14(4-3-12(10)9-15)20(18,19)17-13-5-6-16-11(2)8-13/h3-8H,9,15H2,1-2H3,(H,16,17). The average molecular weight is 291 g/mol. The predicted molar refractivity (Wildman–Crippen MR) is 78.9 cm³/mol. The first kappa shape index (κ1) is 14.5. The smallest absolute Gasteiger partial charge is 0.261 e. The van der Waals surface area contributed by atoms with Gasteiger partial charge < -0.3 is 5.73 Å². The van der Waals surface area contributed by atoms with E-state index in [0.29, 0.717) is 12.2 Å². The van der Waals surface area contributed by atoms with Crippen molar-refractivity contribution >= 4 is 15.7 Å². The van der Waals surface area contributed by atoms with E-state index in [0.717, 1.165) is 16.8 Å². The number of benzene rings is 1. The second kappa shape index (κ2) is 5.60. The summed E-state index contributed by atoms with van der Waals surface area (Å²) in [5, 5.41) is 0. The minimum atomic E-state index is -3.60. The number of pyridine rings is 1. The molecule has 0 aliphatic carbocycles. The van der Waals surface area contributed by atoms with Crippen LogP contribution in [-0.2, 0) is 16.6 Å². The average Bonchev–Trinajstić information content (AvgIpc) is 2.38. The first-order valence-corrected chi connectivity index (χ1v) is 7.66. The predicted octanol–water partition coefficient (Wildman–Crippen LogP) is 1.96. The topological polar surface area (TPSA) is 85.1 Å². The Morgan fingerprint density at radius 2 is 1.95 bits per heavy atom. The van der Waals surface area contributed by atoms with Gasteiger partial charge >= 0.3 is 0 Å². The molecule has 20 heavy (non-hydrogen) atoms. The zero-order chi connectivity index (χ0) is 14.8. The molecular formula is C14H17N3O2S. The molecule has 0 aliphatic rings. The quantitative estimate of drug-likeness (QED) is 0.901. The summed E-state index contributed by atoms with van der Waals surface area (Å²) >= 11 is 0. The van der Waals surface area contributed by atoms with Gasteiger partial charge in [0.1, 0.15) is 0 Å². The molecule has 106 valence electrons. The number of anilines is 1. The van der Waals surface area contributed by atoms with Crippen LogP contribution in [-0.4, -0.2) is 13.4 Å². The van der Waals surface area contributed by atoms with Crippen LogP contribution in [0.25, 0.3) is 0 Å². The molecule has 0 saturated heterocycles. The molecule has 1 aromatic heterocycles. The Kier molecular flexibility index (Phi) is 4.06. The summed E-state index contributed by atoms with van der Waals surface area (Å²) < 4.78 is 27.1. The Morgan fingerprint density at radius 3 is 2.55 bits per heavy atom. The van der Waals surface area contributed by atoms with Gasteiger partial charge in [-0.1, -0.05) is 6.07 Å². The third-order valence-electron chi connectivity index (χ3n) is 2.99. The molecule has 2 rings (SSSR count). The van der Waals surface area contributed by atoms with Crippen LogP contribution in [0.5, 0.6) is 0 Å². The summed E-state index contributed by atoms with van der Waals surface area (Å²) in [5.74, 6) is 0. The number of hydrogen-bond acceptors (Lipinski definition) is 4. The molecule has 0 saturated carbocycles. The Labute approximate surface area is 118 Å². The Bertz CT molecular complexity index is 727. The van der Waals surface area contributed by atoms with Crippen molar-refractivity contribution in [2.45, 2.75) is 25.3 Å². The number of nitrogens with two attached hydrogens (primary N) is 1. The van der Waals surface area contributed by atoms with Gasteiger partial charge in [0.15, 0.2) is 0 Å². The molecule has 0 fully saturated rings. The highest BCUT2D eigenvalue weighted by Crippen LogP contribution is 2.19. The van der Waals surface area contributed by atoms with E-state index in [-0.39, 0.29) is 4.90 Å². The van der Waals surface area contributed by atoms with Gasteiger partial charge in [-0.05, 0) is 49.2 Å². The molecule has 0 amide bonds. The maximum Gasteiger partial charge on any atom is 0.261 e. The molecule has 3 N–H and O–H groups in total. The van der Waals surface area contributed by atoms with Gasteiger partial charge in [-0.2, -0.15) is 0 Å². The maximum absolute atomic E-state index is 12.3. The van der Waals surface area contributed by atoms with Gasteiger partial charge in [-0.3, -0.25) is 9.71 Å². The third kappa shape index (κ3) is 3.15. The van der Waals surface area contributed by atoms with Crippen molar-refractivity contribution in [1.82, 2.24) is 4.98 Å². The fourth-order valence-electron chi connectivity index (χ4n) is 1.89. The summed E-state index contributed by atoms with van der Waals surface area (Å²) in [5.41, 5.74) is 8.62. The van der Waals surface area contributed by atoms with Crippen LogP contribution in [0.1, 0.15) is 16.8 Å². The number of hydrogen-bond donors (Lipinski definition) is 2. The lowest BCUT2D eigenvalue weighted by atomic mass is 10.1. The molecule has 0 bridgehead atoms. The van der Waals surface area contributed by atoms with Crippen LogP contribution in [0.2, 0.25) is 0 Å². The Balaban J connectivity index is 2.33. The molecule has 0 aliphatic heterocycles. The molecule has 0 radical (unpaired) electrons. The largest absolute Gasteiger partial charge is 0.326 e. The highest BCUT2D eigenvalue weighted by atomic mass is 32.2. The van der Waals surface area contributed by atoms with Crippen molar-refractivity contribution in [1.29, 1.82) is 0 Å². The highest BCUT2D eigenvalue weighted by Gasteiger charge is 2.15. The molecule has 5 nitrogen and oxygen atoms in total. The summed E-state index contributed by atoms with van der Waals surface area (Å²) in [6.07, 6.45) is 1.57. The zero-order valence-electron chi connectivity index (χ0n) is 11.4. The SMILES string of the molecule is Cc1cc(NS(=O)(=O)c2ccc(CN)c(C)c2)ccn1. The van der Waals surface area contributed by atoms with Gasteiger partial charge in [-0.25, -0.2) is 8.42 Å². The Hall–Kier alpha value is -1.92. The van der Waals surface area contributed by atoms with Crippen molar-refractivity contribution in [2.24, 2.45) is 5.73 Å². The summed E-state index contributed by atoms with van der Waals surface area (Å²) in [6.45, 7) is 4.04. The number of nitrogens with one attached hydrogen (secondary N) is 1. The molecule has 6 heteroatoms.